The molecule has 0 bridgehead atoms. The SMILES string of the molecule is CN1C2=C(CCc3ccc4cc(-c5ccc6c(c5)c5cc(-c7ccc8c(c7)c7ccccc7n8-c7ccccc7)ccc5n6-c5ccccc5)ccc4c32)OC1c1ccccc1. The normalized spacial score (nSPS) is 14.9. The van der Waals surface area contributed by atoms with Crippen molar-refractivity contribution in [2.75, 3.05) is 7.05 Å². The zero-order chi connectivity index (χ0) is 40.9. The van der Waals surface area contributed by atoms with Gasteiger partial charge in [0.25, 0.3) is 0 Å². The van der Waals surface area contributed by atoms with E-state index in [0.717, 1.165) is 24.3 Å². The molecule has 0 amide bonds. The van der Waals surface area contributed by atoms with E-state index < -0.39 is 0 Å². The molecule has 1 unspecified atom stereocenters. The molecular weight excluding hydrogens is 755 g/mol. The van der Waals surface area contributed by atoms with Crippen molar-refractivity contribution in [2.45, 2.75) is 19.1 Å². The van der Waals surface area contributed by atoms with E-state index in [1.54, 1.807) is 0 Å². The summed E-state index contributed by atoms with van der Waals surface area (Å²) in [5.74, 6) is 1.10. The standard InChI is InChI=1S/C58H41N3O/c1-59-57-55(62-58(59)38-13-5-2-6-14-38)32-27-37-21-22-43-33-39(23-28-46(43)56(37)57)40-24-30-53-49(35-40)50-36-42(26-31-54(50)61(53)45-17-9-4-10-18-45)41-25-29-52-48(34-41)47-19-11-12-20-51(47)60(52)44-15-7-3-8-16-44/h2-26,28-31,33-36,58H,27,32H2,1H3. The molecule has 0 saturated carbocycles. The lowest BCUT2D eigenvalue weighted by atomic mass is 9.87. The second kappa shape index (κ2) is 13.6. The molecule has 1 aliphatic carbocycles. The molecule has 1 atom stereocenters. The zero-order valence-electron chi connectivity index (χ0n) is 34.3. The minimum Gasteiger partial charge on any atom is -0.468 e. The Balaban J connectivity index is 0.942. The van der Waals surface area contributed by atoms with Crippen molar-refractivity contribution in [3.8, 4) is 33.6 Å². The van der Waals surface area contributed by atoms with Crippen LogP contribution in [0.1, 0.15) is 29.3 Å². The van der Waals surface area contributed by atoms with Crippen molar-refractivity contribution >= 4 is 60.1 Å². The summed E-state index contributed by atoms with van der Waals surface area (Å²) in [5.41, 5.74) is 17.1. The topological polar surface area (TPSA) is 22.3 Å². The van der Waals surface area contributed by atoms with Gasteiger partial charge < -0.3 is 18.8 Å². The molecule has 0 fully saturated rings. The van der Waals surface area contributed by atoms with E-state index in [1.165, 1.54) is 105 Å². The Kier molecular flexibility index (Phi) is 7.67. The molecule has 1 aliphatic heterocycles. The highest BCUT2D eigenvalue weighted by atomic mass is 16.5. The van der Waals surface area contributed by atoms with E-state index in [0.29, 0.717) is 0 Å². The summed E-state index contributed by atoms with van der Waals surface area (Å²) in [6.45, 7) is 0. The van der Waals surface area contributed by atoms with Crippen LogP contribution in [0.15, 0.2) is 206 Å². The highest BCUT2D eigenvalue weighted by molar-refractivity contribution is 6.13. The molecule has 0 N–H and O–H groups in total. The van der Waals surface area contributed by atoms with Crippen LogP contribution in [0.2, 0.25) is 0 Å². The number of para-hydroxylation sites is 3. The summed E-state index contributed by atoms with van der Waals surface area (Å²) in [6, 6.07) is 73.4. The highest BCUT2D eigenvalue weighted by Gasteiger charge is 2.36. The maximum atomic E-state index is 6.67. The van der Waals surface area contributed by atoms with E-state index in [9.17, 15) is 0 Å². The number of hydrogen-bond donors (Lipinski definition) is 0. The first kappa shape index (κ1) is 35.0. The van der Waals surface area contributed by atoms with Gasteiger partial charge in [-0.05, 0) is 118 Å². The second-order valence-electron chi connectivity index (χ2n) is 16.9. The maximum absolute atomic E-state index is 6.67. The molecule has 4 nitrogen and oxygen atoms in total. The van der Waals surface area contributed by atoms with Gasteiger partial charge in [-0.1, -0.05) is 127 Å². The first-order valence-corrected chi connectivity index (χ1v) is 21.6. The smallest absolute Gasteiger partial charge is 0.198 e. The Morgan fingerprint density at radius 1 is 0.419 bits per heavy atom. The first-order chi connectivity index (χ1) is 30.7. The molecule has 11 aromatic rings. The van der Waals surface area contributed by atoms with Crippen LogP contribution in [0.25, 0.3) is 93.7 Å². The van der Waals surface area contributed by atoms with Gasteiger partial charge in [0, 0.05) is 57.5 Å². The van der Waals surface area contributed by atoms with Crippen LogP contribution in [0.3, 0.4) is 0 Å². The monoisotopic (exact) mass is 795 g/mol. The van der Waals surface area contributed by atoms with Crippen LogP contribution in [-0.2, 0) is 11.2 Å². The van der Waals surface area contributed by atoms with Crippen molar-refractivity contribution < 1.29 is 4.74 Å². The summed E-state index contributed by atoms with van der Waals surface area (Å²) >= 11 is 0. The zero-order valence-corrected chi connectivity index (χ0v) is 34.3. The lowest BCUT2D eigenvalue weighted by Gasteiger charge is -2.26. The largest absolute Gasteiger partial charge is 0.468 e. The number of aromatic nitrogens is 2. The fourth-order valence-electron chi connectivity index (χ4n) is 10.5. The molecule has 294 valence electrons. The van der Waals surface area contributed by atoms with E-state index in [4.69, 9.17) is 4.74 Å². The Bertz CT molecular complexity index is 3620. The summed E-state index contributed by atoms with van der Waals surface area (Å²) in [5, 5.41) is 7.50. The van der Waals surface area contributed by atoms with E-state index >= 15 is 0 Å². The molecule has 0 radical (unpaired) electrons. The molecule has 9 aromatic carbocycles. The molecule has 2 aliphatic rings. The molecule has 0 saturated heterocycles. The fraction of sp³-hybridized carbons (Fsp3) is 0.0690. The summed E-state index contributed by atoms with van der Waals surface area (Å²) in [4.78, 5) is 2.34. The molecule has 0 spiro atoms. The summed E-state index contributed by atoms with van der Waals surface area (Å²) in [6.07, 6.45) is 1.79. The number of ether oxygens (including phenoxy) is 1. The molecule has 3 heterocycles. The van der Waals surface area contributed by atoms with Gasteiger partial charge in [-0.2, -0.15) is 0 Å². The van der Waals surface area contributed by atoms with Gasteiger partial charge in [-0.25, -0.2) is 0 Å². The van der Waals surface area contributed by atoms with E-state index in [-0.39, 0.29) is 6.23 Å². The van der Waals surface area contributed by atoms with Gasteiger partial charge >= 0.3 is 0 Å². The van der Waals surface area contributed by atoms with Gasteiger partial charge in [-0.3, -0.25) is 0 Å². The quantitative estimate of drug-likeness (QED) is 0.173. The van der Waals surface area contributed by atoms with E-state index in [2.05, 4.69) is 221 Å². The van der Waals surface area contributed by atoms with Crippen LogP contribution in [0, 0.1) is 0 Å². The van der Waals surface area contributed by atoms with Crippen LogP contribution in [0.5, 0.6) is 0 Å². The number of rotatable bonds is 5. The van der Waals surface area contributed by atoms with Crippen molar-refractivity contribution in [1.82, 2.24) is 14.0 Å². The highest BCUT2D eigenvalue weighted by Crippen LogP contribution is 2.48. The lowest BCUT2D eigenvalue weighted by Crippen LogP contribution is -2.20. The minimum atomic E-state index is -0.114. The van der Waals surface area contributed by atoms with Crippen LogP contribution in [0.4, 0.5) is 0 Å². The van der Waals surface area contributed by atoms with Gasteiger partial charge in [0.1, 0.15) is 5.76 Å². The van der Waals surface area contributed by atoms with Crippen molar-refractivity contribution in [1.29, 1.82) is 0 Å². The van der Waals surface area contributed by atoms with Crippen molar-refractivity contribution in [2.24, 2.45) is 0 Å². The third kappa shape index (κ3) is 5.26. The molecule has 4 heteroatoms. The predicted molar refractivity (Wildman–Crippen MR) is 257 cm³/mol. The molecular formula is C58H41N3O. The first-order valence-electron chi connectivity index (χ1n) is 21.6. The number of benzene rings is 9. The maximum Gasteiger partial charge on any atom is 0.198 e. The number of nitrogens with zero attached hydrogens (tertiary/aromatic N) is 3. The lowest BCUT2D eigenvalue weighted by molar-refractivity contribution is 0.0558. The average Bonchev–Trinajstić information content (AvgIpc) is 3.98. The third-order valence-corrected chi connectivity index (χ3v) is 13.4. The van der Waals surface area contributed by atoms with Gasteiger partial charge in [0.2, 0.25) is 0 Å². The number of fused-ring (bicyclic) bond motifs is 10. The Morgan fingerprint density at radius 2 is 0.919 bits per heavy atom. The Morgan fingerprint density at radius 3 is 1.53 bits per heavy atom. The number of allylic oxidation sites excluding steroid dienone is 1. The number of hydrogen-bond acceptors (Lipinski definition) is 2. The van der Waals surface area contributed by atoms with Crippen LogP contribution < -0.4 is 0 Å². The van der Waals surface area contributed by atoms with Crippen molar-refractivity contribution in [3.63, 3.8) is 0 Å². The van der Waals surface area contributed by atoms with Crippen LogP contribution in [-0.4, -0.2) is 21.1 Å². The van der Waals surface area contributed by atoms with Crippen molar-refractivity contribution in [3.05, 3.63) is 223 Å². The Labute approximate surface area is 359 Å². The average molecular weight is 796 g/mol. The third-order valence-electron chi connectivity index (χ3n) is 13.4. The molecule has 62 heavy (non-hydrogen) atoms. The van der Waals surface area contributed by atoms with Gasteiger partial charge in [0.15, 0.2) is 6.23 Å². The van der Waals surface area contributed by atoms with Crippen LogP contribution >= 0.6 is 0 Å². The minimum absolute atomic E-state index is 0.114. The summed E-state index contributed by atoms with van der Waals surface area (Å²) < 4.78 is 11.5. The predicted octanol–water partition coefficient (Wildman–Crippen LogP) is 14.6. The fourth-order valence-corrected chi connectivity index (χ4v) is 10.5. The number of aryl methyl sites for hydroxylation is 1. The molecule has 2 aromatic heterocycles. The van der Waals surface area contributed by atoms with Gasteiger partial charge in [-0.15, -0.1) is 0 Å². The second-order valence-corrected chi connectivity index (χ2v) is 16.9. The molecule has 13 rings (SSSR count). The van der Waals surface area contributed by atoms with E-state index in [1.807, 2.05) is 0 Å². The Hall–Kier alpha value is -7.82. The van der Waals surface area contributed by atoms with Gasteiger partial charge in [0.05, 0.1) is 27.8 Å². The summed E-state index contributed by atoms with van der Waals surface area (Å²) in [7, 11) is 2.18.